The van der Waals surface area contributed by atoms with Gasteiger partial charge in [-0.25, -0.2) is 4.79 Å². The summed E-state index contributed by atoms with van der Waals surface area (Å²) in [5.74, 6) is -0.191. The van der Waals surface area contributed by atoms with Gasteiger partial charge in [0.05, 0.1) is 0 Å². The standard InChI is InChI=1S/C17H24N2O4/c1-17(2,3)23-16(21)19-8-7-12-5-6-13(9-14(12)10-19)15(20)18-11-22-4/h5-6,9H,7-8,10-11H2,1-4H3,(H,18,20). The molecule has 0 atom stereocenters. The van der Waals surface area contributed by atoms with Gasteiger partial charge in [-0.3, -0.25) is 4.79 Å². The number of ether oxygens (including phenoxy) is 2. The summed E-state index contributed by atoms with van der Waals surface area (Å²) in [7, 11) is 1.52. The molecule has 0 saturated carbocycles. The van der Waals surface area contributed by atoms with Crippen LogP contribution >= 0.6 is 0 Å². The first-order chi connectivity index (χ1) is 10.8. The molecule has 0 radical (unpaired) electrons. The molecule has 0 aromatic heterocycles. The van der Waals surface area contributed by atoms with Crippen LogP contribution in [0.5, 0.6) is 0 Å². The molecule has 2 amide bonds. The van der Waals surface area contributed by atoms with Crippen LogP contribution in [0.25, 0.3) is 0 Å². The molecule has 1 aliphatic rings. The van der Waals surface area contributed by atoms with E-state index in [0.717, 1.165) is 17.5 Å². The average molecular weight is 320 g/mol. The molecule has 1 aliphatic heterocycles. The van der Waals surface area contributed by atoms with E-state index < -0.39 is 5.60 Å². The largest absolute Gasteiger partial charge is 0.444 e. The van der Waals surface area contributed by atoms with E-state index >= 15 is 0 Å². The summed E-state index contributed by atoms with van der Waals surface area (Å²) in [6.07, 6.45) is 0.437. The van der Waals surface area contributed by atoms with Crippen molar-refractivity contribution < 1.29 is 19.1 Å². The van der Waals surface area contributed by atoms with Crippen LogP contribution in [-0.2, 0) is 22.4 Å². The first kappa shape index (κ1) is 17.3. The van der Waals surface area contributed by atoms with Gasteiger partial charge < -0.3 is 19.7 Å². The number of benzene rings is 1. The van der Waals surface area contributed by atoms with Crippen LogP contribution < -0.4 is 5.32 Å². The minimum Gasteiger partial charge on any atom is -0.444 e. The topological polar surface area (TPSA) is 67.9 Å². The maximum Gasteiger partial charge on any atom is 0.410 e. The van der Waals surface area contributed by atoms with E-state index in [1.165, 1.54) is 7.11 Å². The van der Waals surface area contributed by atoms with Gasteiger partial charge in [-0.1, -0.05) is 6.07 Å². The number of carbonyl (C=O) groups is 2. The van der Waals surface area contributed by atoms with E-state index in [1.54, 1.807) is 11.0 Å². The van der Waals surface area contributed by atoms with Gasteiger partial charge in [0.1, 0.15) is 12.3 Å². The fraction of sp³-hybridized carbons (Fsp3) is 0.529. The molecule has 6 heteroatoms. The van der Waals surface area contributed by atoms with Gasteiger partial charge in [0.25, 0.3) is 5.91 Å². The van der Waals surface area contributed by atoms with E-state index in [2.05, 4.69) is 5.32 Å². The van der Waals surface area contributed by atoms with Crippen LogP contribution in [0.3, 0.4) is 0 Å². The zero-order chi connectivity index (χ0) is 17.0. The zero-order valence-corrected chi connectivity index (χ0v) is 14.1. The molecule has 6 nitrogen and oxygen atoms in total. The van der Waals surface area contributed by atoms with Crippen LogP contribution in [0.2, 0.25) is 0 Å². The molecular formula is C17H24N2O4. The molecule has 0 fully saturated rings. The Morgan fingerprint density at radius 2 is 2.00 bits per heavy atom. The summed E-state index contributed by atoms with van der Waals surface area (Å²) < 4.78 is 10.3. The summed E-state index contributed by atoms with van der Waals surface area (Å²) in [4.78, 5) is 25.9. The number of carbonyl (C=O) groups excluding carboxylic acids is 2. The van der Waals surface area contributed by atoms with E-state index in [4.69, 9.17) is 9.47 Å². The minimum atomic E-state index is -0.515. The normalized spacial score (nSPS) is 14.2. The lowest BCUT2D eigenvalue weighted by molar-refractivity contribution is 0.0224. The second-order valence-electron chi connectivity index (χ2n) is 6.57. The predicted octanol–water partition coefficient (Wildman–Crippen LogP) is 2.31. The van der Waals surface area contributed by atoms with Crippen molar-refractivity contribution in [3.05, 3.63) is 34.9 Å². The second-order valence-corrected chi connectivity index (χ2v) is 6.57. The highest BCUT2D eigenvalue weighted by Gasteiger charge is 2.26. The van der Waals surface area contributed by atoms with Crippen molar-refractivity contribution in [2.24, 2.45) is 0 Å². The lowest BCUT2D eigenvalue weighted by Gasteiger charge is -2.31. The van der Waals surface area contributed by atoms with Crippen molar-refractivity contribution >= 4 is 12.0 Å². The lowest BCUT2D eigenvalue weighted by Crippen LogP contribution is -2.40. The molecule has 0 aliphatic carbocycles. The Morgan fingerprint density at radius 3 is 2.65 bits per heavy atom. The smallest absolute Gasteiger partial charge is 0.410 e. The second kappa shape index (κ2) is 7.00. The Kier molecular flexibility index (Phi) is 5.26. The molecule has 1 heterocycles. The summed E-state index contributed by atoms with van der Waals surface area (Å²) >= 11 is 0. The molecule has 1 N–H and O–H groups in total. The fourth-order valence-corrected chi connectivity index (χ4v) is 2.42. The highest BCUT2D eigenvalue weighted by atomic mass is 16.6. The first-order valence-electron chi connectivity index (χ1n) is 7.67. The third kappa shape index (κ3) is 4.69. The molecular weight excluding hydrogens is 296 g/mol. The highest BCUT2D eigenvalue weighted by molar-refractivity contribution is 5.94. The molecule has 0 spiro atoms. The quantitative estimate of drug-likeness (QED) is 0.868. The molecule has 0 saturated heterocycles. The van der Waals surface area contributed by atoms with Gasteiger partial charge >= 0.3 is 6.09 Å². The van der Waals surface area contributed by atoms with Gasteiger partial charge in [-0.2, -0.15) is 0 Å². The highest BCUT2D eigenvalue weighted by Crippen LogP contribution is 2.22. The number of hydrogen-bond acceptors (Lipinski definition) is 4. The molecule has 0 unspecified atom stereocenters. The van der Waals surface area contributed by atoms with Gasteiger partial charge in [0.15, 0.2) is 0 Å². The van der Waals surface area contributed by atoms with Crippen LogP contribution in [0.1, 0.15) is 42.3 Å². The number of nitrogens with zero attached hydrogens (tertiary/aromatic N) is 1. The van der Waals surface area contributed by atoms with Crippen LogP contribution in [0.15, 0.2) is 18.2 Å². The third-order valence-corrected chi connectivity index (χ3v) is 3.51. The molecule has 0 bridgehead atoms. The number of fused-ring (bicyclic) bond motifs is 1. The van der Waals surface area contributed by atoms with Crippen molar-refractivity contribution in [3.8, 4) is 0 Å². The Morgan fingerprint density at radius 1 is 1.26 bits per heavy atom. The zero-order valence-electron chi connectivity index (χ0n) is 14.1. The summed E-state index contributed by atoms with van der Waals surface area (Å²) in [6.45, 7) is 6.79. The monoisotopic (exact) mass is 320 g/mol. The SMILES string of the molecule is COCNC(=O)c1ccc2c(c1)CN(C(=O)OC(C)(C)C)CC2. The Labute approximate surface area is 136 Å². The molecule has 1 aromatic carbocycles. The fourth-order valence-electron chi connectivity index (χ4n) is 2.42. The van der Waals surface area contributed by atoms with Crippen molar-refractivity contribution in [3.63, 3.8) is 0 Å². The Bertz CT molecular complexity index is 593. The van der Waals surface area contributed by atoms with Crippen molar-refractivity contribution in [2.75, 3.05) is 20.4 Å². The third-order valence-electron chi connectivity index (χ3n) is 3.51. The average Bonchev–Trinajstić information content (AvgIpc) is 2.49. The molecule has 23 heavy (non-hydrogen) atoms. The van der Waals surface area contributed by atoms with E-state index in [9.17, 15) is 9.59 Å². The van der Waals surface area contributed by atoms with Crippen molar-refractivity contribution in [2.45, 2.75) is 39.3 Å². The lowest BCUT2D eigenvalue weighted by atomic mass is 9.97. The number of rotatable bonds is 3. The van der Waals surface area contributed by atoms with Crippen molar-refractivity contribution in [1.82, 2.24) is 10.2 Å². The summed E-state index contributed by atoms with van der Waals surface area (Å²) in [6, 6.07) is 5.58. The predicted molar refractivity (Wildman–Crippen MR) is 86.1 cm³/mol. The summed E-state index contributed by atoms with van der Waals surface area (Å²) in [5, 5.41) is 2.65. The van der Waals surface area contributed by atoms with E-state index in [0.29, 0.717) is 18.7 Å². The molecule has 126 valence electrons. The number of nitrogens with one attached hydrogen (secondary N) is 1. The van der Waals surface area contributed by atoms with E-state index in [-0.39, 0.29) is 18.7 Å². The van der Waals surface area contributed by atoms with Crippen LogP contribution in [-0.4, -0.2) is 42.9 Å². The molecule has 1 aromatic rings. The Balaban J connectivity index is 2.09. The minimum absolute atomic E-state index is 0.167. The number of hydrogen-bond donors (Lipinski definition) is 1. The van der Waals surface area contributed by atoms with Crippen molar-refractivity contribution in [1.29, 1.82) is 0 Å². The summed E-state index contributed by atoms with van der Waals surface area (Å²) in [5.41, 5.74) is 2.19. The first-order valence-corrected chi connectivity index (χ1v) is 7.67. The van der Waals surface area contributed by atoms with Gasteiger partial charge in [0, 0.05) is 25.8 Å². The van der Waals surface area contributed by atoms with Crippen LogP contribution in [0.4, 0.5) is 4.79 Å². The van der Waals surface area contributed by atoms with Gasteiger partial charge in [-0.15, -0.1) is 0 Å². The maximum absolute atomic E-state index is 12.2. The van der Waals surface area contributed by atoms with Gasteiger partial charge in [-0.05, 0) is 50.5 Å². The Hall–Kier alpha value is -2.08. The van der Waals surface area contributed by atoms with Crippen LogP contribution in [0, 0.1) is 0 Å². The van der Waals surface area contributed by atoms with Gasteiger partial charge in [0.2, 0.25) is 0 Å². The number of methoxy groups -OCH3 is 1. The van der Waals surface area contributed by atoms with E-state index in [1.807, 2.05) is 32.9 Å². The maximum atomic E-state index is 12.2. The molecule has 2 rings (SSSR count). The number of amides is 2.